The summed E-state index contributed by atoms with van der Waals surface area (Å²) in [6.07, 6.45) is 1.59. The predicted molar refractivity (Wildman–Crippen MR) is 67.9 cm³/mol. The molecule has 19 heavy (non-hydrogen) atoms. The van der Waals surface area contributed by atoms with Crippen LogP contribution in [0.3, 0.4) is 0 Å². The third-order valence-corrected chi connectivity index (χ3v) is 3.50. The summed E-state index contributed by atoms with van der Waals surface area (Å²) in [5.74, 6) is -1.47. The van der Waals surface area contributed by atoms with E-state index < -0.39 is 17.9 Å². The Balaban J connectivity index is 2.25. The van der Waals surface area contributed by atoms with E-state index >= 15 is 0 Å². The Labute approximate surface area is 115 Å². The van der Waals surface area contributed by atoms with Crippen LogP contribution in [0.2, 0.25) is 5.15 Å². The van der Waals surface area contributed by atoms with Crippen molar-refractivity contribution < 1.29 is 14.7 Å². The van der Waals surface area contributed by atoms with E-state index in [4.69, 9.17) is 11.6 Å². The molecule has 0 bridgehead atoms. The van der Waals surface area contributed by atoms with Crippen molar-refractivity contribution in [2.75, 3.05) is 6.54 Å². The van der Waals surface area contributed by atoms with Crippen molar-refractivity contribution in [1.82, 2.24) is 15.1 Å². The van der Waals surface area contributed by atoms with Crippen molar-refractivity contribution in [2.45, 2.75) is 25.8 Å². The Morgan fingerprint density at radius 2 is 2.16 bits per heavy atom. The molecule has 1 aliphatic rings. The molecule has 0 aliphatic carbocycles. The van der Waals surface area contributed by atoms with Gasteiger partial charge in [0.25, 0.3) is 5.91 Å². The zero-order chi connectivity index (χ0) is 14.0. The van der Waals surface area contributed by atoms with Gasteiger partial charge in [0, 0.05) is 6.54 Å². The molecule has 0 aromatic carbocycles. The first kappa shape index (κ1) is 13.7. The Morgan fingerprint density at radius 3 is 2.74 bits per heavy atom. The fraction of sp³-hybridized carbons (Fsp3) is 0.500. The van der Waals surface area contributed by atoms with Gasteiger partial charge in [-0.3, -0.25) is 4.79 Å². The largest absolute Gasteiger partial charge is 0.480 e. The van der Waals surface area contributed by atoms with Gasteiger partial charge < -0.3 is 10.0 Å². The number of nitrogens with zero attached hydrogens (tertiary/aromatic N) is 3. The van der Waals surface area contributed by atoms with Gasteiger partial charge >= 0.3 is 5.97 Å². The minimum Gasteiger partial charge on any atom is -0.480 e. The number of piperidine rings is 1. The maximum absolute atomic E-state index is 12.3. The summed E-state index contributed by atoms with van der Waals surface area (Å²) in [5, 5.41) is 16.8. The molecule has 0 radical (unpaired) electrons. The van der Waals surface area contributed by atoms with Crippen LogP contribution in [0.15, 0.2) is 12.1 Å². The topological polar surface area (TPSA) is 83.4 Å². The maximum atomic E-state index is 12.3. The molecule has 6 nitrogen and oxygen atoms in total. The third kappa shape index (κ3) is 2.84. The first-order chi connectivity index (χ1) is 9.00. The highest BCUT2D eigenvalue weighted by atomic mass is 35.5. The van der Waals surface area contributed by atoms with E-state index in [1.807, 2.05) is 6.92 Å². The van der Waals surface area contributed by atoms with Crippen molar-refractivity contribution in [2.24, 2.45) is 5.92 Å². The highest BCUT2D eigenvalue weighted by molar-refractivity contribution is 6.29. The first-order valence-electron chi connectivity index (χ1n) is 6.03. The normalized spacial score (nSPS) is 23.2. The lowest BCUT2D eigenvalue weighted by Crippen LogP contribution is -2.52. The van der Waals surface area contributed by atoms with E-state index in [1.54, 1.807) is 0 Å². The van der Waals surface area contributed by atoms with Crippen LogP contribution in [0.1, 0.15) is 30.3 Å². The van der Waals surface area contributed by atoms with Crippen LogP contribution in [-0.4, -0.2) is 44.7 Å². The highest BCUT2D eigenvalue weighted by Gasteiger charge is 2.37. The minimum atomic E-state index is -0.984. The van der Waals surface area contributed by atoms with Gasteiger partial charge in [-0.15, -0.1) is 10.2 Å². The van der Waals surface area contributed by atoms with Gasteiger partial charge in [-0.25, -0.2) is 4.79 Å². The second-order valence-corrected chi connectivity index (χ2v) is 5.03. The molecule has 0 saturated carbocycles. The van der Waals surface area contributed by atoms with Gasteiger partial charge in [0.2, 0.25) is 0 Å². The van der Waals surface area contributed by atoms with Crippen LogP contribution < -0.4 is 0 Å². The smallest absolute Gasteiger partial charge is 0.326 e. The fourth-order valence-corrected chi connectivity index (χ4v) is 2.47. The van der Waals surface area contributed by atoms with Crippen molar-refractivity contribution >= 4 is 23.5 Å². The Morgan fingerprint density at radius 1 is 1.42 bits per heavy atom. The van der Waals surface area contributed by atoms with Crippen LogP contribution in [0.25, 0.3) is 0 Å². The van der Waals surface area contributed by atoms with Gasteiger partial charge in [0.05, 0.1) is 0 Å². The molecule has 2 rings (SSSR count). The molecule has 1 aliphatic heterocycles. The molecule has 0 spiro atoms. The summed E-state index contributed by atoms with van der Waals surface area (Å²) in [6, 6.07) is 2.11. The quantitative estimate of drug-likeness (QED) is 0.888. The molecule has 102 valence electrons. The number of carboxylic acid groups (broad SMARTS) is 1. The van der Waals surface area contributed by atoms with E-state index in [-0.39, 0.29) is 16.8 Å². The predicted octanol–water partition coefficient (Wildman–Crippen LogP) is 1.46. The molecule has 1 N–H and O–H groups in total. The second-order valence-electron chi connectivity index (χ2n) is 4.64. The van der Waals surface area contributed by atoms with Crippen LogP contribution >= 0.6 is 11.6 Å². The van der Waals surface area contributed by atoms with Crippen molar-refractivity contribution in [3.63, 3.8) is 0 Å². The van der Waals surface area contributed by atoms with Crippen LogP contribution in [-0.2, 0) is 4.79 Å². The average molecular weight is 284 g/mol. The molecule has 2 heterocycles. The minimum absolute atomic E-state index is 0.0736. The number of aromatic nitrogens is 2. The van der Waals surface area contributed by atoms with Gasteiger partial charge in [0.1, 0.15) is 6.04 Å². The Bertz CT molecular complexity index is 491. The lowest BCUT2D eigenvalue weighted by Gasteiger charge is -2.36. The monoisotopic (exact) mass is 283 g/mol. The first-order valence-corrected chi connectivity index (χ1v) is 6.41. The summed E-state index contributed by atoms with van der Waals surface area (Å²) in [5.41, 5.74) is 0.116. The molecule has 1 aromatic rings. The van der Waals surface area contributed by atoms with Crippen molar-refractivity contribution in [3.05, 3.63) is 23.0 Å². The van der Waals surface area contributed by atoms with Crippen molar-refractivity contribution in [1.29, 1.82) is 0 Å². The Kier molecular flexibility index (Phi) is 3.99. The third-order valence-electron chi connectivity index (χ3n) is 3.30. The fourth-order valence-electron chi connectivity index (χ4n) is 2.37. The molecule has 1 saturated heterocycles. The molecule has 2 atom stereocenters. The van der Waals surface area contributed by atoms with E-state index in [2.05, 4.69) is 10.2 Å². The van der Waals surface area contributed by atoms with Crippen LogP contribution in [0, 0.1) is 5.92 Å². The van der Waals surface area contributed by atoms with Crippen LogP contribution in [0.4, 0.5) is 0 Å². The highest BCUT2D eigenvalue weighted by Crippen LogP contribution is 2.24. The number of hydrogen-bond acceptors (Lipinski definition) is 4. The lowest BCUT2D eigenvalue weighted by atomic mass is 9.90. The molecule has 2 unspecified atom stereocenters. The number of halogens is 1. The summed E-state index contributed by atoms with van der Waals surface area (Å²) in [4.78, 5) is 25.0. The van der Waals surface area contributed by atoms with Gasteiger partial charge in [-0.05, 0) is 30.9 Å². The average Bonchev–Trinajstić information content (AvgIpc) is 2.38. The lowest BCUT2D eigenvalue weighted by molar-refractivity contribution is -0.145. The molecule has 1 amide bonds. The van der Waals surface area contributed by atoms with Gasteiger partial charge in [-0.2, -0.15) is 0 Å². The van der Waals surface area contributed by atoms with E-state index in [1.165, 1.54) is 17.0 Å². The molecule has 1 fully saturated rings. The molecular weight excluding hydrogens is 270 g/mol. The molecule has 7 heteroatoms. The zero-order valence-corrected chi connectivity index (χ0v) is 11.2. The standard InChI is InChI=1S/C12H14ClN3O3/c1-7-3-2-6-16(10(7)12(18)19)11(17)8-4-5-9(13)15-14-8/h4-5,7,10H,2-3,6H2,1H3,(H,18,19). The van der Waals surface area contributed by atoms with E-state index in [0.717, 1.165) is 12.8 Å². The van der Waals surface area contributed by atoms with Gasteiger partial charge in [-0.1, -0.05) is 18.5 Å². The van der Waals surface area contributed by atoms with Crippen molar-refractivity contribution in [3.8, 4) is 0 Å². The Hall–Kier alpha value is -1.69. The second kappa shape index (κ2) is 5.52. The number of carbonyl (C=O) groups is 2. The van der Waals surface area contributed by atoms with Gasteiger partial charge in [0.15, 0.2) is 10.8 Å². The SMILES string of the molecule is CC1CCCN(C(=O)c2ccc(Cl)nn2)C1C(=O)O. The number of likely N-dealkylation sites (tertiary alicyclic amines) is 1. The number of aliphatic carboxylic acids is 1. The summed E-state index contributed by atoms with van der Waals surface area (Å²) < 4.78 is 0. The number of carboxylic acids is 1. The number of hydrogen-bond donors (Lipinski definition) is 1. The summed E-state index contributed by atoms with van der Waals surface area (Å²) >= 11 is 5.61. The number of carbonyl (C=O) groups excluding carboxylic acids is 1. The molecule has 1 aromatic heterocycles. The van der Waals surface area contributed by atoms with Crippen LogP contribution in [0.5, 0.6) is 0 Å². The summed E-state index contributed by atoms with van der Waals surface area (Å²) in [7, 11) is 0. The van der Waals surface area contributed by atoms with E-state index in [9.17, 15) is 14.7 Å². The summed E-state index contributed by atoms with van der Waals surface area (Å²) in [6.45, 7) is 2.26. The molecular formula is C12H14ClN3O3. The number of rotatable bonds is 2. The maximum Gasteiger partial charge on any atom is 0.326 e. The van der Waals surface area contributed by atoms with E-state index in [0.29, 0.717) is 6.54 Å². The number of amides is 1. The zero-order valence-electron chi connectivity index (χ0n) is 10.4.